The first-order valence-corrected chi connectivity index (χ1v) is 4.51. The van der Waals surface area contributed by atoms with Gasteiger partial charge in [-0.2, -0.15) is 0 Å². The smallest absolute Gasteiger partial charge is 0.139 e. The number of aryl methyl sites for hydroxylation is 1. The Balaban J connectivity index is 2.32. The predicted octanol–water partition coefficient (Wildman–Crippen LogP) is 0.657. The highest BCUT2D eigenvalue weighted by atomic mass is 16.3. The molecule has 0 saturated carbocycles. The third-order valence-electron chi connectivity index (χ3n) is 1.94. The summed E-state index contributed by atoms with van der Waals surface area (Å²) in [6, 6.07) is 1.66. The lowest BCUT2D eigenvalue weighted by Gasteiger charge is -2.08. The number of aromatic nitrogens is 4. The molecule has 2 heterocycles. The Labute approximate surface area is 86.9 Å². The van der Waals surface area contributed by atoms with Gasteiger partial charge in [-0.1, -0.05) is 0 Å². The summed E-state index contributed by atoms with van der Waals surface area (Å²) in [5.74, 6) is 0.621. The Morgan fingerprint density at radius 3 is 2.67 bits per heavy atom. The Bertz CT molecular complexity index is 446. The molecular weight excluding hydrogens is 192 g/mol. The molecule has 0 aliphatic rings. The summed E-state index contributed by atoms with van der Waals surface area (Å²) in [5.41, 5.74) is 1.01. The molecule has 2 aromatic heterocycles. The number of nitrogens with zero attached hydrogens (tertiary/aromatic N) is 4. The van der Waals surface area contributed by atoms with Gasteiger partial charge in [0, 0.05) is 18.6 Å². The van der Waals surface area contributed by atoms with Crippen LogP contribution in [0.3, 0.4) is 0 Å². The molecule has 2 rings (SSSR count). The minimum absolute atomic E-state index is 0.482. The molecule has 1 unspecified atom stereocenters. The van der Waals surface area contributed by atoms with E-state index in [0.717, 1.165) is 0 Å². The molecule has 5 heteroatoms. The summed E-state index contributed by atoms with van der Waals surface area (Å²) >= 11 is 0. The largest absolute Gasteiger partial charge is 0.380 e. The van der Waals surface area contributed by atoms with Gasteiger partial charge in [-0.3, -0.25) is 9.97 Å². The van der Waals surface area contributed by atoms with Crippen molar-refractivity contribution in [1.29, 1.82) is 0 Å². The molecule has 0 amide bonds. The Hall–Kier alpha value is -1.88. The molecule has 0 aromatic carbocycles. The molecule has 0 spiro atoms. The van der Waals surface area contributed by atoms with Crippen LogP contribution in [0.1, 0.15) is 23.3 Å². The van der Waals surface area contributed by atoms with Gasteiger partial charge in [-0.05, 0) is 13.0 Å². The van der Waals surface area contributed by atoms with Crippen LogP contribution in [-0.2, 0) is 0 Å². The lowest BCUT2D eigenvalue weighted by atomic mass is 10.2. The van der Waals surface area contributed by atoms with E-state index in [1.165, 1.54) is 12.4 Å². The van der Waals surface area contributed by atoms with Crippen molar-refractivity contribution in [3.63, 3.8) is 0 Å². The fourth-order valence-electron chi connectivity index (χ4n) is 1.23. The quantitative estimate of drug-likeness (QED) is 0.774. The molecule has 2 aromatic rings. The van der Waals surface area contributed by atoms with E-state index in [4.69, 9.17) is 0 Å². The van der Waals surface area contributed by atoms with Gasteiger partial charge in [0.25, 0.3) is 0 Å². The van der Waals surface area contributed by atoms with Crippen molar-refractivity contribution in [1.82, 2.24) is 19.9 Å². The molecule has 0 aliphatic heterocycles. The molecule has 0 aliphatic carbocycles. The van der Waals surface area contributed by atoms with Crippen molar-refractivity contribution in [2.75, 3.05) is 0 Å². The molecule has 0 bridgehead atoms. The van der Waals surface area contributed by atoms with E-state index in [0.29, 0.717) is 17.2 Å². The number of aliphatic hydroxyl groups excluding tert-OH is 1. The topological polar surface area (TPSA) is 71.8 Å². The average Bonchev–Trinajstić information content (AvgIpc) is 2.29. The first kappa shape index (κ1) is 9.67. The fourth-order valence-corrected chi connectivity index (χ4v) is 1.23. The zero-order valence-electron chi connectivity index (χ0n) is 8.20. The second-order valence-electron chi connectivity index (χ2n) is 3.06. The summed E-state index contributed by atoms with van der Waals surface area (Å²) < 4.78 is 0. The van der Waals surface area contributed by atoms with Gasteiger partial charge in [-0.15, -0.1) is 0 Å². The van der Waals surface area contributed by atoms with Crippen LogP contribution in [0.15, 0.2) is 30.9 Å². The van der Waals surface area contributed by atoms with E-state index in [1.807, 2.05) is 0 Å². The SMILES string of the molecule is Cc1nccc(C(O)c2cnccn2)n1. The summed E-state index contributed by atoms with van der Waals surface area (Å²) in [7, 11) is 0. The van der Waals surface area contributed by atoms with Crippen LogP contribution >= 0.6 is 0 Å². The van der Waals surface area contributed by atoms with Gasteiger partial charge in [-0.25, -0.2) is 9.97 Å². The van der Waals surface area contributed by atoms with Gasteiger partial charge in [0.2, 0.25) is 0 Å². The molecule has 0 fully saturated rings. The van der Waals surface area contributed by atoms with E-state index in [2.05, 4.69) is 19.9 Å². The van der Waals surface area contributed by atoms with Crippen molar-refractivity contribution < 1.29 is 5.11 Å². The summed E-state index contributed by atoms with van der Waals surface area (Å²) in [6.45, 7) is 1.77. The number of hydrogen-bond acceptors (Lipinski definition) is 5. The van der Waals surface area contributed by atoms with Crippen LogP contribution in [0.25, 0.3) is 0 Å². The number of aliphatic hydroxyl groups is 1. The van der Waals surface area contributed by atoms with Crippen molar-refractivity contribution in [2.45, 2.75) is 13.0 Å². The monoisotopic (exact) mass is 202 g/mol. The maximum Gasteiger partial charge on any atom is 0.139 e. The van der Waals surface area contributed by atoms with Crippen LogP contribution in [-0.4, -0.2) is 25.0 Å². The van der Waals surface area contributed by atoms with Crippen LogP contribution in [0.2, 0.25) is 0 Å². The molecular formula is C10H10N4O. The van der Waals surface area contributed by atoms with Crippen molar-refractivity contribution in [3.8, 4) is 0 Å². The van der Waals surface area contributed by atoms with Gasteiger partial charge in [0.1, 0.15) is 11.9 Å². The van der Waals surface area contributed by atoms with Gasteiger partial charge < -0.3 is 5.11 Å². The normalized spacial score (nSPS) is 12.4. The lowest BCUT2D eigenvalue weighted by molar-refractivity contribution is 0.209. The second kappa shape index (κ2) is 4.10. The standard InChI is InChI=1S/C10H10N4O/c1-7-12-3-2-8(14-7)10(15)9-6-11-4-5-13-9/h2-6,10,15H,1H3. The van der Waals surface area contributed by atoms with Crippen molar-refractivity contribution in [3.05, 3.63) is 48.1 Å². The Morgan fingerprint density at radius 1 is 1.13 bits per heavy atom. The van der Waals surface area contributed by atoms with Crippen LogP contribution in [0.4, 0.5) is 0 Å². The zero-order chi connectivity index (χ0) is 10.7. The van der Waals surface area contributed by atoms with E-state index in [-0.39, 0.29) is 0 Å². The third kappa shape index (κ3) is 2.13. The Kier molecular flexibility index (Phi) is 2.64. The van der Waals surface area contributed by atoms with Gasteiger partial charge in [0.05, 0.1) is 17.6 Å². The van der Waals surface area contributed by atoms with Gasteiger partial charge >= 0.3 is 0 Å². The second-order valence-corrected chi connectivity index (χ2v) is 3.06. The van der Waals surface area contributed by atoms with E-state index in [9.17, 15) is 5.11 Å². The summed E-state index contributed by atoms with van der Waals surface area (Å²) in [6.07, 6.45) is 5.37. The first-order valence-electron chi connectivity index (χ1n) is 4.51. The zero-order valence-corrected chi connectivity index (χ0v) is 8.20. The highest BCUT2D eigenvalue weighted by Gasteiger charge is 2.13. The number of hydrogen-bond donors (Lipinski definition) is 1. The number of rotatable bonds is 2. The van der Waals surface area contributed by atoms with Crippen LogP contribution in [0, 0.1) is 6.92 Å². The van der Waals surface area contributed by atoms with Crippen molar-refractivity contribution in [2.24, 2.45) is 0 Å². The maximum absolute atomic E-state index is 9.92. The molecule has 76 valence electrons. The van der Waals surface area contributed by atoms with E-state index in [1.54, 1.807) is 25.4 Å². The first-order chi connectivity index (χ1) is 7.27. The maximum atomic E-state index is 9.92. The highest BCUT2D eigenvalue weighted by molar-refractivity contribution is 5.16. The van der Waals surface area contributed by atoms with Crippen molar-refractivity contribution >= 4 is 0 Å². The lowest BCUT2D eigenvalue weighted by Crippen LogP contribution is -2.06. The minimum Gasteiger partial charge on any atom is -0.380 e. The molecule has 0 saturated heterocycles. The third-order valence-corrected chi connectivity index (χ3v) is 1.94. The molecule has 1 atom stereocenters. The van der Waals surface area contributed by atoms with Crippen LogP contribution in [0.5, 0.6) is 0 Å². The fraction of sp³-hybridized carbons (Fsp3) is 0.200. The summed E-state index contributed by atoms with van der Waals surface area (Å²) in [5, 5.41) is 9.92. The minimum atomic E-state index is -0.847. The Morgan fingerprint density at radius 2 is 2.00 bits per heavy atom. The predicted molar refractivity (Wildman–Crippen MR) is 52.9 cm³/mol. The van der Waals surface area contributed by atoms with E-state index < -0.39 is 6.10 Å². The van der Waals surface area contributed by atoms with E-state index >= 15 is 0 Å². The highest BCUT2D eigenvalue weighted by Crippen LogP contribution is 2.16. The molecule has 15 heavy (non-hydrogen) atoms. The van der Waals surface area contributed by atoms with Crippen LogP contribution < -0.4 is 0 Å². The molecule has 1 N–H and O–H groups in total. The summed E-state index contributed by atoms with van der Waals surface area (Å²) in [4.78, 5) is 16.0. The molecule has 0 radical (unpaired) electrons. The molecule has 5 nitrogen and oxygen atoms in total. The van der Waals surface area contributed by atoms with Gasteiger partial charge in [0.15, 0.2) is 0 Å². The average molecular weight is 202 g/mol.